The molecule has 2 rings (SSSR count). The minimum Gasteiger partial charge on any atom is -0.383 e. The Morgan fingerprint density at radius 1 is 1.45 bits per heavy atom. The van der Waals surface area contributed by atoms with Crippen molar-refractivity contribution in [3.05, 3.63) is 23.9 Å². The molecule has 1 aromatic heterocycles. The number of anilines is 1. The maximum atomic E-state index is 5.01. The number of thioether (sulfide) groups is 1. The molecule has 0 unspecified atom stereocenters. The Morgan fingerprint density at radius 3 is 2.95 bits per heavy atom. The van der Waals surface area contributed by atoms with Gasteiger partial charge in [0.05, 0.1) is 6.61 Å². The summed E-state index contributed by atoms with van der Waals surface area (Å²) in [5, 5.41) is 3.33. The number of aromatic nitrogens is 1. The lowest BCUT2D eigenvalue weighted by molar-refractivity contribution is 0.199. The Labute approximate surface area is 126 Å². The topological polar surface area (TPSA) is 37.4 Å². The average Bonchev–Trinajstić information content (AvgIpc) is 2.43. The Kier molecular flexibility index (Phi) is 5.69. The smallest absolute Gasteiger partial charge is 0.128 e. The van der Waals surface area contributed by atoms with Crippen molar-refractivity contribution in [3.8, 4) is 0 Å². The maximum absolute atomic E-state index is 5.01. The fraction of sp³-hybridized carbons (Fsp3) is 0.667. The van der Waals surface area contributed by atoms with Gasteiger partial charge in [0.25, 0.3) is 0 Å². The van der Waals surface area contributed by atoms with Gasteiger partial charge in [-0.3, -0.25) is 0 Å². The van der Waals surface area contributed by atoms with Gasteiger partial charge in [-0.25, -0.2) is 4.98 Å². The van der Waals surface area contributed by atoms with Crippen molar-refractivity contribution in [1.82, 2.24) is 10.3 Å². The third-order valence-electron chi connectivity index (χ3n) is 3.37. The zero-order valence-electron chi connectivity index (χ0n) is 12.7. The fourth-order valence-electron chi connectivity index (χ4n) is 2.33. The zero-order valence-corrected chi connectivity index (χ0v) is 13.5. The first-order valence-corrected chi connectivity index (χ1v) is 8.13. The summed E-state index contributed by atoms with van der Waals surface area (Å²) in [7, 11) is 1.72. The summed E-state index contributed by atoms with van der Waals surface area (Å²) < 4.78 is 5.33. The highest BCUT2D eigenvalue weighted by molar-refractivity contribution is 8.00. The number of hydrogen-bond acceptors (Lipinski definition) is 5. The van der Waals surface area contributed by atoms with Gasteiger partial charge in [-0.2, -0.15) is 11.8 Å². The van der Waals surface area contributed by atoms with E-state index in [1.165, 1.54) is 11.3 Å². The molecule has 1 fully saturated rings. The summed E-state index contributed by atoms with van der Waals surface area (Å²) in [5.74, 6) is 2.27. The van der Waals surface area contributed by atoms with E-state index in [2.05, 4.69) is 41.2 Å². The molecule has 0 aliphatic carbocycles. The SMILES string of the molecule is COCCNCc1ccc(N2CCSC(C)(C)C2)nc1. The zero-order chi connectivity index (χ0) is 14.4. The first-order chi connectivity index (χ1) is 9.61. The second-order valence-corrected chi connectivity index (χ2v) is 7.53. The van der Waals surface area contributed by atoms with Crippen molar-refractivity contribution in [2.75, 3.05) is 44.0 Å². The largest absolute Gasteiger partial charge is 0.383 e. The van der Waals surface area contributed by atoms with Gasteiger partial charge in [0.1, 0.15) is 5.82 Å². The summed E-state index contributed by atoms with van der Waals surface area (Å²) in [6, 6.07) is 4.30. The van der Waals surface area contributed by atoms with Gasteiger partial charge in [-0.05, 0) is 25.5 Å². The highest BCUT2D eigenvalue weighted by Gasteiger charge is 2.27. The lowest BCUT2D eigenvalue weighted by Gasteiger charge is -2.38. The van der Waals surface area contributed by atoms with Crippen LogP contribution in [0.5, 0.6) is 0 Å². The minimum absolute atomic E-state index is 0.320. The number of nitrogens with one attached hydrogen (secondary N) is 1. The Morgan fingerprint density at radius 2 is 2.30 bits per heavy atom. The molecule has 5 heteroatoms. The number of rotatable bonds is 6. The molecule has 2 heterocycles. The van der Waals surface area contributed by atoms with Gasteiger partial charge in [0.15, 0.2) is 0 Å². The standard InChI is InChI=1S/C15H25N3OS/c1-15(2)12-18(7-9-20-15)14-5-4-13(11-17-14)10-16-6-8-19-3/h4-5,11,16H,6-10,12H2,1-3H3. The van der Waals surface area contributed by atoms with E-state index < -0.39 is 0 Å². The summed E-state index contributed by atoms with van der Waals surface area (Å²) in [4.78, 5) is 7.00. The van der Waals surface area contributed by atoms with Crippen LogP contribution in [0.25, 0.3) is 0 Å². The van der Waals surface area contributed by atoms with Gasteiger partial charge in [0.2, 0.25) is 0 Å². The van der Waals surface area contributed by atoms with E-state index in [9.17, 15) is 0 Å². The Balaban J connectivity index is 1.87. The molecule has 0 aromatic carbocycles. The van der Waals surface area contributed by atoms with E-state index >= 15 is 0 Å². The molecule has 0 atom stereocenters. The number of methoxy groups -OCH3 is 1. The van der Waals surface area contributed by atoms with E-state index in [4.69, 9.17) is 4.74 Å². The highest BCUT2D eigenvalue weighted by Crippen LogP contribution is 2.31. The molecule has 1 aliphatic rings. The average molecular weight is 295 g/mol. The molecule has 0 radical (unpaired) electrons. The second-order valence-electron chi connectivity index (χ2n) is 5.72. The third kappa shape index (κ3) is 4.65. The number of pyridine rings is 1. The third-order valence-corrected chi connectivity index (χ3v) is 4.67. The highest BCUT2D eigenvalue weighted by atomic mass is 32.2. The number of nitrogens with zero attached hydrogens (tertiary/aromatic N) is 2. The Bertz CT molecular complexity index is 408. The molecule has 0 spiro atoms. The molecule has 1 aliphatic heterocycles. The summed E-state index contributed by atoms with van der Waals surface area (Å²) in [5.41, 5.74) is 1.22. The van der Waals surface area contributed by atoms with Crippen LogP contribution in [0, 0.1) is 0 Å². The van der Waals surface area contributed by atoms with Crippen LogP contribution in [-0.2, 0) is 11.3 Å². The van der Waals surface area contributed by atoms with Gasteiger partial charge < -0.3 is 15.0 Å². The quantitative estimate of drug-likeness (QED) is 0.814. The van der Waals surface area contributed by atoms with Crippen molar-refractivity contribution >= 4 is 17.6 Å². The maximum Gasteiger partial charge on any atom is 0.128 e. The molecular formula is C15H25N3OS. The molecular weight excluding hydrogens is 270 g/mol. The molecule has 1 aromatic rings. The fourth-order valence-corrected chi connectivity index (χ4v) is 3.44. The van der Waals surface area contributed by atoms with Crippen molar-refractivity contribution in [2.45, 2.75) is 25.1 Å². The van der Waals surface area contributed by atoms with E-state index in [-0.39, 0.29) is 0 Å². The van der Waals surface area contributed by atoms with Crippen molar-refractivity contribution < 1.29 is 4.74 Å². The predicted molar refractivity (Wildman–Crippen MR) is 86.6 cm³/mol. The molecule has 20 heavy (non-hydrogen) atoms. The predicted octanol–water partition coefficient (Wildman–Crippen LogP) is 2.15. The van der Waals surface area contributed by atoms with Crippen molar-refractivity contribution in [3.63, 3.8) is 0 Å². The van der Waals surface area contributed by atoms with Crippen LogP contribution in [0.1, 0.15) is 19.4 Å². The van der Waals surface area contributed by atoms with Crippen LogP contribution >= 0.6 is 11.8 Å². The number of hydrogen-bond donors (Lipinski definition) is 1. The van der Waals surface area contributed by atoms with Gasteiger partial charge in [-0.15, -0.1) is 0 Å². The van der Waals surface area contributed by atoms with Crippen LogP contribution in [-0.4, -0.2) is 48.8 Å². The molecule has 0 saturated carbocycles. The molecule has 1 N–H and O–H groups in total. The van der Waals surface area contributed by atoms with E-state index in [1.807, 2.05) is 18.0 Å². The van der Waals surface area contributed by atoms with Gasteiger partial charge >= 0.3 is 0 Å². The summed E-state index contributed by atoms with van der Waals surface area (Å²) in [6.07, 6.45) is 1.98. The van der Waals surface area contributed by atoms with Gasteiger partial charge in [0, 0.05) is 50.0 Å². The molecule has 0 bridgehead atoms. The van der Waals surface area contributed by atoms with Crippen molar-refractivity contribution in [1.29, 1.82) is 0 Å². The lowest BCUT2D eigenvalue weighted by Crippen LogP contribution is -2.43. The molecule has 0 amide bonds. The monoisotopic (exact) mass is 295 g/mol. The molecule has 112 valence electrons. The van der Waals surface area contributed by atoms with Crippen LogP contribution < -0.4 is 10.2 Å². The lowest BCUT2D eigenvalue weighted by atomic mass is 10.2. The first kappa shape index (κ1) is 15.6. The summed E-state index contributed by atoms with van der Waals surface area (Å²) >= 11 is 2.05. The van der Waals surface area contributed by atoms with E-state index in [1.54, 1.807) is 7.11 Å². The summed E-state index contributed by atoms with van der Waals surface area (Å²) in [6.45, 7) is 9.22. The van der Waals surface area contributed by atoms with Crippen molar-refractivity contribution in [2.24, 2.45) is 0 Å². The first-order valence-electron chi connectivity index (χ1n) is 7.14. The van der Waals surface area contributed by atoms with Crippen LogP contribution in [0.2, 0.25) is 0 Å². The van der Waals surface area contributed by atoms with Crippen LogP contribution in [0.4, 0.5) is 5.82 Å². The van der Waals surface area contributed by atoms with Crippen LogP contribution in [0.3, 0.4) is 0 Å². The minimum atomic E-state index is 0.320. The second kappa shape index (κ2) is 7.29. The van der Waals surface area contributed by atoms with Gasteiger partial charge in [-0.1, -0.05) is 6.07 Å². The Hall–Kier alpha value is -0.780. The number of ether oxygens (including phenoxy) is 1. The van der Waals surface area contributed by atoms with E-state index in [0.717, 1.165) is 38.6 Å². The molecule has 4 nitrogen and oxygen atoms in total. The van der Waals surface area contributed by atoms with E-state index in [0.29, 0.717) is 4.75 Å². The van der Waals surface area contributed by atoms with Crippen LogP contribution in [0.15, 0.2) is 18.3 Å². The normalized spacial score (nSPS) is 18.2. The molecule has 1 saturated heterocycles.